The van der Waals surface area contributed by atoms with E-state index in [2.05, 4.69) is 22.0 Å². The minimum atomic E-state index is 0.544. The molecule has 17 heavy (non-hydrogen) atoms. The van der Waals surface area contributed by atoms with Gasteiger partial charge in [-0.15, -0.1) is 15.0 Å². The van der Waals surface area contributed by atoms with E-state index >= 15 is 0 Å². The third-order valence-electron chi connectivity index (χ3n) is 2.00. The van der Waals surface area contributed by atoms with E-state index in [-0.39, 0.29) is 0 Å². The predicted octanol–water partition coefficient (Wildman–Crippen LogP) is 2.91. The van der Waals surface area contributed by atoms with Crippen molar-refractivity contribution >= 4 is 17.7 Å². The Morgan fingerprint density at radius 3 is 2.71 bits per heavy atom. The van der Waals surface area contributed by atoms with Crippen LogP contribution in [0.3, 0.4) is 0 Å². The minimum absolute atomic E-state index is 0.544. The standard InChI is InChI=1S/C12H11ClN4/c1-9(2)3-8-12-14-16-17(15-12)11-6-4-10(13)5-7-11/h3-8H,1H2,2H3/b8-3-. The summed E-state index contributed by atoms with van der Waals surface area (Å²) < 4.78 is 0. The van der Waals surface area contributed by atoms with Crippen molar-refractivity contribution in [1.29, 1.82) is 0 Å². The van der Waals surface area contributed by atoms with Crippen LogP contribution in [0.25, 0.3) is 11.8 Å². The molecule has 0 saturated heterocycles. The van der Waals surface area contributed by atoms with Gasteiger partial charge in [0.1, 0.15) is 0 Å². The maximum Gasteiger partial charge on any atom is 0.198 e. The lowest BCUT2D eigenvalue weighted by atomic mass is 10.3. The highest BCUT2D eigenvalue weighted by atomic mass is 35.5. The first kappa shape index (κ1) is 11.5. The van der Waals surface area contributed by atoms with Crippen molar-refractivity contribution in [2.24, 2.45) is 0 Å². The summed E-state index contributed by atoms with van der Waals surface area (Å²) in [7, 11) is 0. The minimum Gasteiger partial charge on any atom is -0.131 e. The summed E-state index contributed by atoms with van der Waals surface area (Å²) in [5.41, 5.74) is 1.75. The zero-order valence-electron chi connectivity index (χ0n) is 9.34. The number of allylic oxidation sites excluding steroid dienone is 2. The van der Waals surface area contributed by atoms with Gasteiger partial charge in [0.15, 0.2) is 5.82 Å². The molecule has 1 aromatic heterocycles. The van der Waals surface area contributed by atoms with Gasteiger partial charge in [-0.25, -0.2) is 0 Å². The first-order valence-corrected chi connectivity index (χ1v) is 5.42. The van der Waals surface area contributed by atoms with E-state index in [4.69, 9.17) is 11.6 Å². The zero-order chi connectivity index (χ0) is 12.3. The molecule has 0 spiro atoms. The largest absolute Gasteiger partial charge is 0.198 e. The lowest BCUT2D eigenvalue weighted by molar-refractivity contribution is 0.719. The maximum atomic E-state index is 5.80. The van der Waals surface area contributed by atoms with Crippen LogP contribution in [0.5, 0.6) is 0 Å². The number of aromatic nitrogens is 4. The average Bonchev–Trinajstić information content (AvgIpc) is 2.76. The summed E-state index contributed by atoms with van der Waals surface area (Å²) in [6.07, 6.45) is 3.60. The Balaban J connectivity index is 2.23. The van der Waals surface area contributed by atoms with Gasteiger partial charge in [0.25, 0.3) is 0 Å². The highest BCUT2D eigenvalue weighted by molar-refractivity contribution is 6.30. The number of tetrazole rings is 1. The fraction of sp³-hybridized carbons (Fsp3) is 0.0833. The van der Waals surface area contributed by atoms with Gasteiger partial charge in [-0.3, -0.25) is 0 Å². The molecule has 1 aromatic carbocycles. The number of nitrogens with zero attached hydrogens (tertiary/aromatic N) is 4. The van der Waals surface area contributed by atoms with Crippen molar-refractivity contribution in [3.8, 4) is 5.69 Å². The monoisotopic (exact) mass is 246 g/mol. The summed E-state index contributed by atoms with van der Waals surface area (Å²) in [5.74, 6) is 0.544. The van der Waals surface area contributed by atoms with Crippen LogP contribution in [0.4, 0.5) is 0 Å². The molecule has 0 N–H and O–H groups in total. The van der Waals surface area contributed by atoms with Crippen molar-refractivity contribution in [2.75, 3.05) is 0 Å². The van der Waals surface area contributed by atoms with Crippen LogP contribution in [0, 0.1) is 0 Å². The SMILES string of the molecule is C=C(C)/C=C\c1nnn(-c2ccc(Cl)cc2)n1. The highest BCUT2D eigenvalue weighted by Crippen LogP contribution is 2.11. The molecule has 0 saturated carbocycles. The molecule has 0 aliphatic carbocycles. The Kier molecular flexibility index (Phi) is 3.35. The van der Waals surface area contributed by atoms with E-state index in [9.17, 15) is 0 Å². The molecule has 0 unspecified atom stereocenters. The Labute approximate surface area is 104 Å². The molecule has 0 bridgehead atoms. The van der Waals surface area contributed by atoms with E-state index in [1.165, 1.54) is 4.80 Å². The van der Waals surface area contributed by atoms with E-state index in [0.29, 0.717) is 10.8 Å². The van der Waals surface area contributed by atoms with Crippen molar-refractivity contribution in [3.63, 3.8) is 0 Å². The normalized spacial score (nSPS) is 10.9. The first-order chi connectivity index (χ1) is 8.15. The zero-order valence-corrected chi connectivity index (χ0v) is 10.1. The molecule has 0 aliphatic rings. The Hall–Kier alpha value is -1.94. The van der Waals surface area contributed by atoms with Crippen LogP contribution in [0.2, 0.25) is 5.02 Å². The lowest BCUT2D eigenvalue weighted by Gasteiger charge is -1.96. The summed E-state index contributed by atoms with van der Waals surface area (Å²) in [5, 5.41) is 12.7. The molecule has 5 heteroatoms. The molecule has 0 fully saturated rings. The van der Waals surface area contributed by atoms with Gasteiger partial charge in [0, 0.05) is 5.02 Å². The smallest absolute Gasteiger partial charge is 0.131 e. The van der Waals surface area contributed by atoms with Crippen LogP contribution in [0.15, 0.2) is 42.5 Å². The summed E-state index contributed by atoms with van der Waals surface area (Å²) in [6.45, 7) is 5.66. The average molecular weight is 247 g/mol. The van der Waals surface area contributed by atoms with Crippen molar-refractivity contribution in [1.82, 2.24) is 20.2 Å². The third kappa shape index (κ3) is 3.01. The predicted molar refractivity (Wildman–Crippen MR) is 68.0 cm³/mol. The van der Waals surface area contributed by atoms with Crippen LogP contribution >= 0.6 is 11.6 Å². The second kappa shape index (κ2) is 4.93. The van der Waals surface area contributed by atoms with Crippen LogP contribution in [0.1, 0.15) is 12.7 Å². The molecule has 1 heterocycles. The number of halogens is 1. The molecule has 0 amide bonds. The van der Waals surface area contributed by atoms with E-state index in [0.717, 1.165) is 11.3 Å². The van der Waals surface area contributed by atoms with Crippen LogP contribution < -0.4 is 0 Å². The molecule has 0 radical (unpaired) electrons. The van der Waals surface area contributed by atoms with Gasteiger partial charge < -0.3 is 0 Å². The summed E-state index contributed by atoms with van der Waals surface area (Å²) in [4.78, 5) is 1.45. The molecule has 2 aromatic rings. The number of hydrogen-bond donors (Lipinski definition) is 0. The van der Waals surface area contributed by atoms with Gasteiger partial charge >= 0.3 is 0 Å². The van der Waals surface area contributed by atoms with Gasteiger partial charge in [0.2, 0.25) is 0 Å². The van der Waals surface area contributed by atoms with E-state index < -0.39 is 0 Å². The second-order valence-corrected chi connectivity index (χ2v) is 4.03. The second-order valence-electron chi connectivity index (χ2n) is 3.59. The van der Waals surface area contributed by atoms with Crippen molar-refractivity contribution in [3.05, 3.63) is 53.3 Å². The van der Waals surface area contributed by atoms with Crippen molar-refractivity contribution < 1.29 is 0 Å². The highest BCUT2D eigenvalue weighted by Gasteiger charge is 2.01. The number of hydrogen-bond acceptors (Lipinski definition) is 3. The quantitative estimate of drug-likeness (QED) is 0.782. The summed E-state index contributed by atoms with van der Waals surface area (Å²) >= 11 is 5.80. The number of rotatable bonds is 3. The van der Waals surface area contributed by atoms with Gasteiger partial charge in [-0.05, 0) is 42.5 Å². The summed E-state index contributed by atoms with van der Waals surface area (Å²) in [6, 6.07) is 7.22. The number of benzene rings is 1. The van der Waals surface area contributed by atoms with Crippen LogP contribution in [-0.4, -0.2) is 20.2 Å². The molecule has 86 valence electrons. The Morgan fingerprint density at radius 2 is 2.06 bits per heavy atom. The van der Waals surface area contributed by atoms with E-state index in [1.54, 1.807) is 18.2 Å². The fourth-order valence-electron chi connectivity index (χ4n) is 1.19. The topological polar surface area (TPSA) is 43.6 Å². The molecule has 2 rings (SSSR count). The molecule has 0 atom stereocenters. The third-order valence-corrected chi connectivity index (χ3v) is 2.26. The fourth-order valence-corrected chi connectivity index (χ4v) is 1.32. The molecular weight excluding hydrogens is 236 g/mol. The first-order valence-electron chi connectivity index (χ1n) is 5.05. The van der Waals surface area contributed by atoms with Gasteiger partial charge in [-0.1, -0.05) is 29.8 Å². The van der Waals surface area contributed by atoms with Crippen LogP contribution in [-0.2, 0) is 0 Å². The maximum absolute atomic E-state index is 5.80. The van der Waals surface area contributed by atoms with Gasteiger partial charge in [-0.2, -0.15) is 0 Å². The van der Waals surface area contributed by atoms with Crippen molar-refractivity contribution in [2.45, 2.75) is 6.92 Å². The lowest BCUT2D eigenvalue weighted by Crippen LogP contribution is -1.98. The Morgan fingerprint density at radius 1 is 1.35 bits per heavy atom. The molecular formula is C12H11ClN4. The molecule has 4 nitrogen and oxygen atoms in total. The molecule has 0 aliphatic heterocycles. The van der Waals surface area contributed by atoms with E-state index in [1.807, 2.05) is 25.1 Å². The van der Waals surface area contributed by atoms with Gasteiger partial charge in [0.05, 0.1) is 5.69 Å². The Bertz CT molecular complexity index is 554.